The van der Waals surface area contributed by atoms with E-state index < -0.39 is 10.5 Å². The van der Waals surface area contributed by atoms with E-state index in [1.165, 1.54) is 6.07 Å². The minimum absolute atomic E-state index is 0.0148. The van der Waals surface area contributed by atoms with Gasteiger partial charge in [-0.3, -0.25) is 10.1 Å². The van der Waals surface area contributed by atoms with Gasteiger partial charge in [-0.1, -0.05) is 12.1 Å². The molecule has 1 aromatic carbocycles. The predicted molar refractivity (Wildman–Crippen MR) is 86.6 cm³/mol. The molecule has 1 fully saturated rings. The Hall–Kier alpha value is -2.25. The summed E-state index contributed by atoms with van der Waals surface area (Å²) in [4.78, 5) is 15.1. The van der Waals surface area contributed by atoms with Crippen molar-refractivity contribution in [2.45, 2.75) is 25.4 Å². The first-order valence-electron chi connectivity index (χ1n) is 7.57. The molecule has 1 aliphatic rings. The summed E-state index contributed by atoms with van der Waals surface area (Å²) in [7, 11) is 0. The van der Waals surface area contributed by atoms with Gasteiger partial charge in [0.25, 0.3) is 5.69 Å². The van der Waals surface area contributed by atoms with Crippen molar-refractivity contribution in [3.8, 4) is 0 Å². The van der Waals surface area contributed by atoms with E-state index >= 15 is 0 Å². The second-order valence-electron chi connectivity index (χ2n) is 5.93. The van der Waals surface area contributed by atoms with Crippen LogP contribution in [0.1, 0.15) is 18.5 Å². The number of aliphatic hydroxyl groups is 1. The smallest absolute Gasteiger partial charge is 0.295 e. The molecule has 7 nitrogen and oxygen atoms in total. The second kappa shape index (κ2) is 6.10. The Morgan fingerprint density at radius 2 is 2.17 bits per heavy atom. The van der Waals surface area contributed by atoms with Gasteiger partial charge in [0.15, 0.2) is 5.52 Å². The molecule has 1 saturated heterocycles. The maximum absolute atomic E-state index is 11.2. The van der Waals surface area contributed by atoms with Crippen molar-refractivity contribution in [2.24, 2.45) is 0 Å². The van der Waals surface area contributed by atoms with Crippen LogP contribution < -0.4 is 5.32 Å². The van der Waals surface area contributed by atoms with Crippen molar-refractivity contribution in [3.05, 3.63) is 40.1 Å². The van der Waals surface area contributed by atoms with Gasteiger partial charge in [-0.05, 0) is 13.0 Å². The quantitative estimate of drug-likeness (QED) is 0.664. The van der Waals surface area contributed by atoms with Crippen LogP contribution in [0.3, 0.4) is 0 Å². The lowest BCUT2D eigenvalue weighted by Gasteiger charge is -2.32. The van der Waals surface area contributed by atoms with Crippen LogP contribution in [-0.4, -0.2) is 40.4 Å². The minimum Gasteiger partial charge on any atom is -0.388 e. The van der Waals surface area contributed by atoms with Gasteiger partial charge in [-0.25, -0.2) is 4.98 Å². The minimum atomic E-state index is -0.817. The number of anilines is 1. The number of rotatable bonds is 4. The third-order valence-corrected chi connectivity index (χ3v) is 4.17. The highest BCUT2D eigenvalue weighted by Gasteiger charge is 2.29. The predicted octanol–water partition coefficient (Wildman–Crippen LogP) is 2.40. The molecule has 2 heterocycles. The van der Waals surface area contributed by atoms with Crippen LogP contribution in [0.2, 0.25) is 0 Å². The highest BCUT2D eigenvalue weighted by Crippen LogP contribution is 2.30. The molecule has 122 valence electrons. The van der Waals surface area contributed by atoms with E-state index in [1.807, 2.05) is 6.07 Å². The molecule has 0 aliphatic carbocycles. The molecule has 0 atom stereocenters. The number of nitrogens with one attached hydrogen (secondary N) is 1. The molecular weight excluding hydrogens is 298 g/mol. The summed E-state index contributed by atoms with van der Waals surface area (Å²) in [5.41, 5.74) is 0.963. The molecule has 0 bridgehead atoms. The zero-order valence-electron chi connectivity index (χ0n) is 12.9. The fourth-order valence-electron chi connectivity index (χ4n) is 2.84. The van der Waals surface area contributed by atoms with Crippen LogP contribution in [0.4, 0.5) is 11.4 Å². The van der Waals surface area contributed by atoms with Gasteiger partial charge in [0.1, 0.15) is 0 Å². The summed E-state index contributed by atoms with van der Waals surface area (Å²) < 4.78 is 5.28. The molecule has 0 spiro atoms. The molecule has 23 heavy (non-hydrogen) atoms. The fourth-order valence-corrected chi connectivity index (χ4v) is 2.84. The number of hydrogen-bond donors (Lipinski definition) is 2. The van der Waals surface area contributed by atoms with Crippen LogP contribution >= 0.6 is 0 Å². The zero-order valence-corrected chi connectivity index (χ0v) is 12.9. The van der Waals surface area contributed by atoms with E-state index in [4.69, 9.17) is 4.74 Å². The van der Waals surface area contributed by atoms with Gasteiger partial charge < -0.3 is 15.2 Å². The average molecular weight is 317 g/mol. The Balaban J connectivity index is 1.94. The number of fused-ring (bicyclic) bond motifs is 1. The molecular formula is C16H19N3O4. The molecule has 1 aromatic heterocycles. The Bertz CT molecular complexity index is 741. The monoisotopic (exact) mass is 317 g/mol. The van der Waals surface area contributed by atoms with Crippen molar-refractivity contribution < 1.29 is 14.8 Å². The van der Waals surface area contributed by atoms with E-state index in [0.29, 0.717) is 49.2 Å². The van der Waals surface area contributed by atoms with Crippen LogP contribution in [0.25, 0.3) is 10.9 Å². The maximum atomic E-state index is 11.2. The third-order valence-electron chi connectivity index (χ3n) is 4.17. The lowest BCUT2D eigenvalue weighted by molar-refractivity contribution is -0.383. The van der Waals surface area contributed by atoms with E-state index in [-0.39, 0.29) is 5.69 Å². The van der Waals surface area contributed by atoms with Gasteiger partial charge in [0.05, 0.1) is 10.5 Å². The number of benzene rings is 1. The normalized spacial score (nSPS) is 17.1. The number of ether oxygens (including phenoxy) is 1. The number of aryl methyl sites for hydroxylation is 1. The van der Waals surface area contributed by atoms with Crippen LogP contribution in [0.5, 0.6) is 0 Å². The first-order chi connectivity index (χ1) is 11.0. The van der Waals surface area contributed by atoms with Crippen molar-refractivity contribution in [2.75, 3.05) is 25.1 Å². The molecule has 0 saturated carbocycles. The largest absolute Gasteiger partial charge is 0.388 e. The van der Waals surface area contributed by atoms with Gasteiger partial charge in [0, 0.05) is 55.4 Å². The van der Waals surface area contributed by atoms with Crippen molar-refractivity contribution in [3.63, 3.8) is 0 Å². The van der Waals surface area contributed by atoms with E-state index in [9.17, 15) is 15.2 Å². The number of hydrogen-bond acceptors (Lipinski definition) is 6. The highest BCUT2D eigenvalue weighted by atomic mass is 16.6. The van der Waals surface area contributed by atoms with Gasteiger partial charge >= 0.3 is 0 Å². The number of nitro benzene ring substituents is 1. The molecule has 1 aliphatic heterocycles. The second-order valence-corrected chi connectivity index (χ2v) is 5.93. The molecule has 2 aromatic rings. The third kappa shape index (κ3) is 3.25. The number of para-hydroxylation sites is 1. The zero-order chi connectivity index (χ0) is 16.4. The first-order valence-corrected chi connectivity index (χ1v) is 7.57. The lowest BCUT2D eigenvalue weighted by atomic mass is 9.94. The Labute approximate surface area is 133 Å². The summed E-state index contributed by atoms with van der Waals surface area (Å²) in [5.74, 6) is 0. The lowest BCUT2D eigenvalue weighted by Crippen LogP contribution is -2.42. The first kappa shape index (κ1) is 15.6. The van der Waals surface area contributed by atoms with Crippen LogP contribution in [0.15, 0.2) is 24.3 Å². The summed E-state index contributed by atoms with van der Waals surface area (Å²) in [6.07, 6.45) is 1.14. The standard InChI is InChI=1S/C16H19N3O4/c1-11-9-13(17-10-16(20)5-7-23-8-6-16)12-3-2-4-14(19(21)22)15(12)18-11/h2-4,9,20H,5-8,10H2,1H3,(H,17,18). The molecule has 3 rings (SSSR count). The van der Waals surface area contributed by atoms with Gasteiger partial charge in [-0.15, -0.1) is 0 Å². The Kier molecular flexibility index (Phi) is 4.14. The molecule has 0 amide bonds. The summed E-state index contributed by atoms with van der Waals surface area (Å²) >= 11 is 0. The molecule has 7 heteroatoms. The molecule has 2 N–H and O–H groups in total. The number of aromatic nitrogens is 1. The number of nitro groups is 1. The topological polar surface area (TPSA) is 97.5 Å². The van der Waals surface area contributed by atoms with Crippen molar-refractivity contribution in [1.29, 1.82) is 0 Å². The van der Waals surface area contributed by atoms with E-state index in [1.54, 1.807) is 19.1 Å². The maximum Gasteiger partial charge on any atom is 0.295 e. The Morgan fingerprint density at radius 1 is 1.43 bits per heavy atom. The van der Waals surface area contributed by atoms with E-state index in [0.717, 1.165) is 5.69 Å². The SMILES string of the molecule is Cc1cc(NCC2(O)CCOCC2)c2cccc([N+](=O)[O-])c2n1. The van der Waals surface area contributed by atoms with Crippen LogP contribution in [0, 0.1) is 17.0 Å². The average Bonchev–Trinajstić information content (AvgIpc) is 2.52. The Morgan fingerprint density at radius 3 is 2.87 bits per heavy atom. The highest BCUT2D eigenvalue weighted by molar-refractivity contribution is 5.96. The van der Waals surface area contributed by atoms with Crippen molar-refractivity contribution in [1.82, 2.24) is 4.98 Å². The van der Waals surface area contributed by atoms with Crippen molar-refractivity contribution >= 4 is 22.3 Å². The van der Waals surface area contributed by atoms with Gasteiger partial charge in [-0.2, -0.15) is 0 Å². The molecule has 0 unspecified atom stereocenters. The van der Waals surface area contributed by atoms with E-state index in [2.05, 4.69) is 10.3 Å². The summed E-state index contributed by atoms with van der Waals surface area (Å²) in [6.45, 7) is 3.25. The van der Waals surface area contributed by atoms with Crippen LogP contribution in [-0.2, 0) is 4.74 Å². The number of non-ortho nitro benzene ring substituents is 1. The summed E-state index contributed by atoms with van der Waals surface area (Å²) in [5, 5.41) is 25.7. The fraction of sp³-hybridized carbons (Fsp3) is 0.438. The molecule has 0 radical (unpaired) electrons. The van der Waals surface area contributed by atoms with Gasteiger partial charge in [0.2, 0.25) is 0 Å². The number of pyridine rings is 1. The number of nitrogens with zero attached hydrogens (tertiary/aromatic N) is 2. The summed E-state index contributed by atoms with van der Waals surface area (Å²) in [6, 6.07) is 6.73.